The lowest BCUT2D eigenvalue weighted by Gasteiger charge is -2.13. The second-order valence-corrected chi connectivity index (χ2v) is 16.1. The van der Waals surface area contributed by atoms with Crippen molar-refractivity contribution in [1.29, 1.82) is 0 Å². The molecular formula is C58H36N2. The maximum absolute atomic E-state index is 2.43. The fraction of sp³-hybridized carbons (Fsp3) is 0. The van der Waals surface area contributed by atoms with E-state index >= 15 is 0 Å². The van der Waals surface area contributed by atoms with E-state index in [-0.39, 0.29) is 0 Å². The van der Waals surface area contributed by atoms with Gasteiger partial charge in [0.25, 0.3) is 0 Å². The molecule has 60 heavy (non-hydrogen) atoms. The molecule has 0 bridgehead atoms. The topological polar surface area (TPSA) is 9.86 Å². The summed E-state index contributed by atoms with van der Waals surface area (Å²) in [5.74, 6) is 0. The first-order chi connectivity index (χ1) is 29.8. The van der Waals surface area contributed by atoms with E-state index in [1.165, 1.54) is 115 Å². The fourth-order valence-corrected chi connectivity index (χ4v) is 10.1. The van der Waals surface area contributed by atoms with E-state index in [1.807, 2.05) is 0 Å². The van der Waals surface area contributed by atoms with Crippen LogP contribution in [-0.4, -0.2) is 9.13 Å². The maximum Gasteiger partial charge on any atom is 0.0541 e. The number of fused-ring (bicyclic) bond motifs is 13. The predicted molar refractivity (Wildman–Crippen MR) is 256 cm³/mol. The third-order valence-corrected chi connectivity index (χ3v) is 12.9. The van der Waals surface area contributed by atoms with Gasteiger partial charge in [0.15, 0.2) is 0 Å². The van der Waals surface area contributed by atoms with Crippen LogP contribution in [0.1, 0.15) is 0 Å². The van der Waals surface area contributed by atoms with E-state index in [0.29, 0.717) is 0 Å². The Bertz CT molecular complexity index is 3840. The van der Waals surface area contributed by atoms with Crippen LogP contribution in [0.2, 0.25) is 0 Å². The van der Waals surface area contributed by atoms with E-state index < -0.39 is 0 Å². The molecule has 0 saturated heterocycles. The molecule has 0 aliphatic rings. The first kappa shape index (κ1) is 33.1. The van der Waals surface area contributed by atoms with Crippen LogP contribution in [0.4, 0.5) is 0 Å². The molecule has 2 heterocycles. The molecule has 0 atom stereocenters. The van der Waals surface area contributed by atoms with Crippen molar-refractivity contribution in [3.05, 3.63) is 218 Å². The molecule has 2 nitrogen and oxygen atoms in total. The molecule has 0 aliphatic carbocycles. The normalized spacial score (nSPS) is 12.0. The van der Waals surface area contributed by atoms with Crippen LogP contribution in [0.3, 0.4) is 0 Å². The zero-order valence-electron chi connectivity index (χ0n) is 32.7. The second kappa shape index (κ2) is 12.8. The van der Waals surface area contributed by atoms with Gasteiger partial charge in [-0.1, -0.05) is 158 Å². The number of hydrogen-bond donors (Lipinski definition) is 0. The zero-order valence-corrected chi connectivity index (χ0v) is 32.7. The molecular weight excluding hydrogens is 725 g/mol. The van der Waals surface area contributed by atoms with E-state index in [2.05, 4.69) is 228 Å². The summed E-state index contributed by atoms with van der Waals surface area (Å²) in [5, 5.41) is 15.3. The molecule has 0 N–H and O–H groups in total. The highest BCUT2D eigenvalue weighted by molar-refractivity contribution is 6.26. The van der Waals surface area contributed by atoms with Gasteiger partial charge in [0, 0.05) is 32.6 Å². The Labute approximate surface area is 346 Å². The standard InChI is InChI=1S/C58H36N2/c1-2-14-43-38(12-1)13-11-23-54(43)60-56-22-10-8-20-50(56)53-36-41(28-33-58(53)60)40-27-32-57-52(35-40)49-19-7-9-21-55(49)59(57)42-29-24-37(25-30-42)39-26-31-48-46-17-4-3-15-44(46)45-16-5-6-18-47(45)51(48)34-39/h1-36H. The highest BCUT2D eigenvalue weighted by Gasteiger charge is 2.17. The third-order valence-electron chi connectivity index (χ3n) is 12.9. The lowest BCUT2D eigenvalue weighted by atomic mass is 9.92. The minimum atomic E-state index is 1.15. The molecule has 0 fully saturated rings. The minimum Gasteiger partial charge on any atom is -0.309 e. The average molecular weight is 761 g/mol. The quantitative estimate of drug-likeness (QED) is 0.158. The number of hydrogen-bond acceptors (Lipinski definition) is 0. The Balaban J connectivity index is 0.918. The summed E-state index contributed by atoms with van der Waals surface area (Å²) in [6.07, 6.45) is 0. The largest absolute Gasteiger partial charge is 0.309 e. The molecule has 2 heteroatoms. The SMILES string of the molecule is c1ccc2c(-n3c4ccccc4c4cc(-c5ccc6c(c5)c5ccccc5n6-c5ccc(-c6ccc7c8ccccc8c8ccccc8c7c6)cc5)ccc43)cccc2c1. The third kappa shape index (κ3) is 4.82. The highest BCUT2D eigenvalue weighted by atomic mass is 15.0. The van der Waals surface area contributed by atoms with Gasteiger partial charge in [0.2, 0.25) is 0 Å². The number of rotatable bonds is 4. The molecule has 0 amide bonds. The Morgan fingerprint density at radius 3 is 1.25 bits per heavy atom. The number of nitrogens with zero attached hydrogens (tertiary/aromatic N) is 2. The zero-order chi connectivity index (χ0) is 39.3. The molecule has 13 rings (SSSR count). The Hall–Kier alpha value is -7.94. The van der Waals surface area contributed by atoms with Crippen molar-refractivity contribution in [2.24, 2.45) is 0 Å². The summed E-state index contributed by atoms with van der Waals surface area (Å²) in [7, 11) is 0. The van der Waals surface area contributed by atoms with E-state index in [1.54, 1.807) is 0 Å². The predicted octanol–water partition coefficient (Wildman–Crippen LogP) is 15.8. The molecule has 2 aromatic heterocycles. The van der Waals surface area contributed by atoms with E-state index in [9.17, 15) is 0 Å². The smallest absolute Gasteiger partial charge is 0.0541 e. The summed E-state index contributed by atoms with van der Waals surface area (Å²) < 4.78 is 4.85. The fourth-order valence-electron chi connectivity index (χ4n) is 10.1. The van der Waals surface area contributed by atoms with Crippen LogP contribution in [0, 0.1) is 0 Å². The van der Waals surface area contributed by atoms with Crippen molar-refractivity contribution < 1.29 is 0 Å². The molecule has 0 spiro atoms. The van der Waals surface area contributed by atoms with Gasteiger partial charge in [0.1, 0.15) is 0 Å². The lowest BCUT2D eigenvalue weighted by molar-refractivity contribution is 1.18. The van der Waals surface area contributed by atoms with Gasteiger partial charge in [-0.3, -0.25) is 0 Å². The highest BCUT2D eigenvalue weighted by Crippen LogP contribution is 2.41. The van der Waals surface area contributed by atoms with E-state index in [0.717, 1.165) is 5.69 Å². The summed E-state index contributed by atoms with van der Waals surface area (Å²) >= 11 is 0. The molecule has 0 aliphatic heterocycles. The Kier molecular flexibility index (Phi) is 7.05. The van der Waals surface area contributed by atoms with Crippen molar-refractivity contribution in [1.82, 2.24) is 9.13 Å². The first-order valence-corrected chi connectivity index (χ1v) is 20.8. The van der Waals surface area contributed by atoms with Crippen LogP contribution in [0.25, 0.3) is 120 Å². The van der Waals surface area contributed by atoms with Gasteiger partial charge >= 0.3 is 0 Å². The monoisotopic (exact) mass is 760 g/mol. The molecule has 278 valence electrons. The molecule has 0 unspecified atom stereocenters. The Morgan fingerprint density at radius 2 is 0.617 bits per heavy atom. The van der Waals surface area contributed by atoms with E-state index in [4.69, 9.17) is 0 Å². The van der Waals surface area contributed by atoms with Crippen LogP contribution >= 0.6 is 0 Å². The number of para-hydroxylation sites is 2. The summed E-state index contributed by atoms with van der Waals surface area (Å²) in [6, 6.07) is 80.5. The van der Waals surface area contributed by atoms with Gasteiger partial charge < -0.3 is 9.13 Å². The van der Waals surface area contributed by atoms with Crippen molar-refractivity contribution in [2.45, 2.75) is 0 Å². The van der Waals surface area contributed by atoms with Crippen LogP contribution in [0.5, 0.6) is 0 Å². The van der Waals surface area contributed by atoms with Gasteiger partial charge in [-0.2, -0.15) is 0 Å². The summed E-state index contributed by atoms with van der Waals surface area (Å²) in [5.41, 5.74) is 12.0. The average Bonchev–Trinajstić information content (AvgIpc) is 3.83. The van der Waals surface area contributed by atoms with Crippen LogP contribution in [0.15, 0.2) is 218 Å². The van der Waals surface area contributed by atoms with Gasteiger partial charge in [-0.05, 0) is 121 Å². The molecule has 11 aromatic carbocycles. The first-order valence-electron chi connectivity index (χ1n) is 20.8. The van der Waals surface area contributed by atoms with Crippen molar-refractivity contribution in [3.8, 4) is 33.6 Å². The van der Waals surface area contributed by atoms with Gasteiger partial charge in [0.05, 0.1) is 27.8 Å². The lowest BCUT2D eigenvalue weighted by Crippen LogP contribution is -1.95. The molecule has 0 radical (unpaired) electrons. The molecule has 0 saturated carbocycles. The van der Waals surface area contributed by atoms with Crippen LogP contribution in [-0.2, 0) is 0 Å². The molecule has 13 aromatic rings. The summed E-state index contributed by atoms with van der Waals surface area (Å²) in [6.45, 7) is 0. The van der Waals surface area contributed by atoms with Gasteiger partial charge in [-0.25, -0.2) is 0 Å². The van der Waals surface area contributed by atoms with Crippen LogP contribution < -0.4 is 0 Å². The summed E-state index contributed by atoms with van der Waals surface area (Å²) in [4.78, 5) is 0. The van der Waals surface area contributed by atoms with Crippen molar-refractivity contribution >= 4 is 86.7 Å². The van der Waals surface area contributed by atoms with Gasteiger partial charge in [-0.15, -0.1) is 0 Å². The minimum absolute atomic E-state index is 1.15. The van der Waals surface area contributed by atoms with Crippen molar-refractivity contribution in [2.75, 3.05) is 0 Å². The maximum atomic E-state index is 2.43. The van der Waals surface area contributed by atoms with Crippen molar-refractivity contribution in [3.63, 3.8) is 0 Å². The second-order valence-electron chi connectivity index (χ2n) is 16.1. The number of aromatic nitrogens is 2. The Morgan fingerprint density at radius 1 is 0.217 bits per heavy atom. The number of benzene rings is 11.